The van der Waals surface area contributed by atoms with Crippen LogP contribution in [0.25, 0.3) is 21.5 Å². The van der Waals surface area contributed by atoms with Crippen LogP contribution in [0.4, 0.5) is 5.69 Å². The summed E-state index contributed by atoms with van der Waals surface area (Å²) < 4.78 is 29.2. The summed E-state index contributed by atoms with van der Waals surface area (Å²) in [4.78, 5) is 0.341. The maximum Gasteiger partial charge on any atom is 0.262 e. The Labute approximate surface area is 152 Å². The molecule has 4 aromatic carbocycles. The first kappa shape index (κ1) is 15.4. The molecule has 1 aliphatic carbocycles. The van der Waals surface area contributed by atoms with Crippen molar-refractivity contribution in [3.8, 4) is 0 Å². The monoisotopic (exact) mass is 359 g/mol. The molecule has 4 heteroatoms. The lowest BCUT2D eigenvalue weighted by Gasteiger charge is -2.13. The highest BCUT2D eigenvalue weighted by molar-refractivity contribution is 7.93. The van der Waals surface area contributed by atoms with Crippen molar-refractivity contribution in [1.29, 1.82) is 0 Å². The lowest BCUT2D eigenvalue weighted by atomic mass is 10.1. The third-order valence-corrected chi connectivity index (χ3v) is 6.58. The van der Waals surface area contributed by atoms with Gasteiger partial charge < -0.3 is 0 Å². The molecule has 0 spiro atoms. The van der Waals surface area contributed by atoms with Gasteiger partial charge in [-0.2, -0.15) is 0 Å². The molecule has 4 aromatic rings. The highest BCUT2D eigenvalue weighted by atomic mass is 32.2. The molecule has 0 aliphatic heterocycles. The summed E-state index contributed by atoms with van der Waals surface area (Å²) in [6, 6.07) is 23.1. The second-order valence-electron chi connectivity index (χ2n) is 6.69. The zero-order valence-electron chi connectivity index (χ0n) is 14.1. The molecule has 1 aliphatic rings. The third-order valence-electron chi connectivity index (χ3n) is 5.16. The van der Waals surface area contributed by atoms with Gasteiger partial charge in [0.1, 0.15) is 0 Å². The Bertz CT molecular complexity index is 1260. The largest absolute Gasteiger partial charge is 0.279 e. The molecule has 0 aromatic heterocycles. The van der Waals surface area contributed by atoms with Gasteiger partial charge in [0.2, 0.25) is 0 Å². The van der Waals surface area contributed by atoms with E-state index in [0.717, 1.165) is 34.4 Å². The van der Waals surface area contributed by atoms with Gasteiger partial charge in [0.25, 0.3) is 10.0 Å². The van der Waals surface area contributed by atoms with Crippen LogP contribution >= 0.6 is 0 Å². The number of benzene rings is 4. The van der Waals surface area contributed by atoms with Crippen LogP contribution in [0.15, 0.2) is 77.7 Å². The normalized spacial score (nSPS) is 13.4. The van der Waals surface area contributed by atoms with Gasteiger partial charge in [-0.3, -0.25) is 4.72 Å². The van der Waals surface area contributed by atoms with Crippen molar-refractivity contribution in [2.45, 2.75) is 17.7 Å². The van der Waals surface area contributed by atoms with E-state index in [1.165, 1.54) is 11.1 Å². The summed E-state index contributed by atoms with van der Waals surface area (Å²) in [6.45, 7) is 0. The van der Waals surface area contributed by atoms with Crippen molar-refractivity contribution in [2.75, 3.05) is 4.72 Å². The predicted octanol–water partition coefficient (Wildman–Crippen LogP) is 4.89. The molecule has 0 bridgehead atoms. The van der Waals surface area contributed by atoms with E-state index in [9.17, 15) is 8.42 Å². The van der Waals surface area contributed by atoms with E-state index in [-0.39, 0.29) is 0 Å². The summed E-state index contributed by atoms with van der Waals surface area (Å²) in [5, 5.41) is 3.82. The third kappa shape index (κ3) is 2.30. The topological polar surface area (TPSA) is 46.2 Å². The van der Waals surface area contributed by atoms with Gasteiger partial charge in [0, 0.05) is 10.8 Å². The Morgan fingerprint density at radius 2 is 1.38 bits per heavy atom. The number of sulfonamides is 1. The van der Waals surface area contributed by atoms with Crippen molar-refractivity contribution in [3.63, 3.8) is 0 Å². The maximum absolute atomic E-state index is 13.2. The minimum absolute atomic E-state index is 0.341. The Morgan fingerprint density at radius 1 is 0.692 bits per heavy atom. The van der Waals surface area contributed by atoms with E-state index in [0.29, 0.717) is 10.6 Å². The van der Waals surface area contributed by atoms with Gasteiger partial charge in [-0.15, -0.1) is 0 Å². The van der Waals surface area contributed by atoms with E-state index >= 15 is 0 Å². The fraction of sp³-hybridized carbons (Fsp3) is 0.0909. The van der Waals surface area contributed by atoms with Crippen LogP contribution in [0.3, 0.4) is 0 Å². The summed E-state index contributed by atoms with van der Waals surface area (Å²) >= 11 is 0. The number of hydrogen-bond acceptors (Lipinski definition) is 2. The van der Waals surface area contributed by atoms with E-state index in [2.05, 4.69) is 10.8 Å². The first-order chi connectivity index (χ1) is 12.6. The van der Waals surface area contributed by atoms with E-state index < -0.39 is 10.0 Å². The maximum atomic E-state index is 13.2. The van der Waals surface area contributed by atoms with Crippen molar-refractivity contribution in [1.82, 2.24) is 0 Å². The molecule has 0 amide bonds. The van der Waals surface area contributed by atoms with E-state index in [4.69, 9.17) is 0 Å². The second-order valence-corrected chi connectivity index (χ2v) is 8.35. The van der Waals surface area contributed by atoms with Gasteiger partial charge in [-0.25, -0.2) is 8.42 Å². The van der Waals surface area contributed by atoms with Gasteiger partial charge in [-0.05, 0) is 46.9 Å². The molecule has 0 unspecified atom stereocenters. The smallest absolute Gasteiger partial charge is 0.262 e. The number of rotatable bonds is 3. The van der Waals surface area contributed by atoms with Crippen LogP contribution in [0.5, 0.6) is 0 Å². The Balaban J connectivity index is 1.68. The Morgan fingerprint density at radius 3 is 2.27 bits per heavy atom. The molecular weight excluding hydrogens is 342 g/mol. The summed E-state index contributed by atoms with van der Waals surface area (Å²) in [6.07, 6.45) is 1.96. The minimum atomic E-state index is -3.69. The summed E-state index contributed by atoms with van der Waals surface area (Å²) in [5.74, 6) is 0. The van der Waals surface area contributed by atoms with Crippen LogP contribution in [-0.2, 0) is 22.9 Å². The highest BCUT2D eigenvalue weighted by Gasteiger charge is 2.23. The SMILES string of the molecule is O=S(=O)(Nc1cccc2ccccc12)c1ccc2c3c(cccc13)CC2. The van der Waals surface area contributed by atoms with E-state index in [1.54, 1.807) is 12.1 Å². The number of aryl methyl sites for hydroxylation is 2. The average molecular weight is 359 g/mol. The molecule has 0 saturated carbocycles. The molecule has 0 fully saturated rings. The summed E-state index contributed by atoms with van der Waals surface area (Å²) in [5.41, 5.74) is 3.07. The Hall–Kier alpha value is -2.85. The van der Waals surface area contributed by atoms with Crippen LogP contribution in [-0.4, -0.2) is 8.42 Å². The number of anilines is 1. The van der Waals surface area contributed by atoms with Crippen LogP contribution in [0.2, 0.25) is 0 Å². The van der Waals surface area contributed by atoms with Crippen LogP contribution < -0.4 is 4.72 Å². The van der Waals surface area contributed by atoms with Crippen LogP contribution in [0, 0.1) is 0 Å². The van der Waals surface area contributed by atoms with Crippen molar-refractivity contribution >= 4 is 37.3 Å². The standard InChI is InChI=1S/C22H17NO2S/c24-26(25,23-20-10-4-6-15-5-1-2-8-18(15)20)21-14-13-17-12-11-16-7-3-9-19(21)22(16)17/h1-10,13-14,23H,11-12H2. The fourth-order valence-corrected chi connectivity index (χ4v) is 5.25. The zero-order valence-corrected chi connectivity index (χ0v) is 14.9. The lowest BCUT2D eigenvalue weighted by Crippen LogP contribution is -2.13. The predicted molar refractivity (Wildman–Crippen MR) is 106 cm³/mol. The molecule has 0 radical (unpaired) electrons. The first-order valence-corrected chi connectivity index (χ1v) is 10.2. The summed E-state index contributed by atoms with van der Waals surface area (Å²) in [7, 11) is -3.69. The molecule has 0 saturated heterocycles. The minimum Gasteiger partial charge on any atom is -0.279 e. The van der Waals surface area contributed by atoms with E-state index in [1.807, 2.05) is 54.6 Å². The number of nitrogens with one attached hydrogen (secondary N) is 1. The molecule has 0 heterocycles. The van der Waals surface area contributed by atoms with Crippen molar-refractivity contribution in [2.24, 2.45) is 0 Å². The van der Waals surface area contributed by atoms with Gasteiger partial charge in [0.05, 0.1) is 10.6 Å². The number of fused-ring (bicyclic) bond motifs is 1. The molecular formula is C22H17NO2S. The van der Waals surface area contributed by atoms with Crippen molar-refractivity contribution in [3.05, 3.63) is 83.9 Å². The molecule has 3 nitrogen and oxygen atoms in total. The van der Waals surface area contributed by atoms with Gasteiger partial charge in [0.15, 0.2) is 0 Å². The molecule has 0 atom stereocenters. The molecule has 128 valence electrons. The molecule has 1 N–H and O–H groups in total. The highest BCUT2D eigenvalue weighted by Crippen LogP contribution is 2.35. The fourth-order valence-electron chi connectivity index (χ4n) is 3.97. The van der Waals surface area contributed by atoms with Gasteiger partial charge >= 0.3 is 0 Å². The lowest BCUT2D eigenvalue weighted by molar-refractivity contribution is 0.602. The van der Waals surface area contributed by atoms with Crippen LogP contribution in [0.1, 0.15) is 11.1 Å². The first-order valence-electron chi connectivity index (χ1n) is 8.67. The quantitative estimate of drug-likeness (QED) is 0.566. The number of hydrogen-bond donors (Lipinski definition) is 1. The second kappa shape index (κ2) is 5.58. The molecule has 26 heavy (non-hydrogen) atoms. The van der Waals surface area contributed by atoms with Crippen molar-refractivity contribution < 1.29 is 8.42 Å². The molecule has 5 rings (SSSR count). The zero-order chi connectivity index (χ0) is 17.7. The van der Waals surface area contributed by atoms with Gasteiger partial charge in [-0.1, -0.05) is 60.7 Å². The average Bonchev–Trinajstić information content (AvgIpc) is 3.07. The Kier molecular flexibility index (Phi) is 3.31.